The SMILES string of the molecule is CCn1c(CSCc2ccc(C)cc2)nnc1SCC(=O)Nc1ccc(Br)c(Cl)c1. The summed E-state index contributed by atoms with van der Waals surface area (Å²) < 4.78 is 2.86. The lowest BCUT2D eigenvalue weighted by molar-refractivity contribution is -0.113. The van der Waals surface area contributed by atoms with Crippen molar-refractivity contribution in [2.45, 2.75) is 37.1 Å². The Hall–Kier alpha value is -1.48. The summed E-state index contributed by atoms with van der Waals surface area (Å²) in [6, 6.07) is 13.9. The average molecular weight is 526 g/mol. The molecule has 0 fully saturated rings. The summed E-state index contributed by atoms with van der Waals surface area (Å²) in [5, 5.41) is 12.8. The van der Waals surface area contributed by atoms with Gasteiger partial charge in [0.25, 0.3) is 0 Å². The molecule has 30 heavy (non-hydrogen) atoms. The van der Waals surface area contributed by atoms with Gasteiger partial charge in [-0.3, -0.25) is 4.79 Å². The van der Waals surface area contributed by atoms with Crippen LogP contribution in [0.3, 0.4) is 0 Å². The molecule has 1 heterocycles. The third-order valence-corrected chi connectivity index (χ3v) is 7.46. The second-order valence-corrected chi connectivity index (χ2v) is 9.78. The highest BCUT2D eigenvalue weighted by Gasteiger charge is 2.13. The van der Waals surface area contributed by atoms with E-state index in [0.717, 1.165) is 33.5 Å². The quantitative estimate of drug-likeness (QED) is 0.338. The Morgan fingerprint density at radius 3 is 2.63 bits per heavy atom. The normalized spacial score (nSPS) is 10.9. The summed E-state index contributed by atoms with van der Waals surface area (Å²) in [6.07, 6.45) is 0. The highest BCUT2D eigenvalue weighted by atomic mass is 79.9. The predicted molar refractivity (Wildman–Crippen MR) is 130 cm³/mol. The number of nitrogens with zero attached hydrogens (tertiary/aromatic N) is 3. The average Bonchev–Trinajstić information content (AvgIpc) is 3.12. The van der Waals surface area contributed by atoms with Crippen LogP contribution in [0.25, 0.3) is 0 Å². The standard InChI is InChI=1S/C21H22BrClN4OS2/c1-3-27-19(12-29-11-15-6-4-14(2)5-7-15)25-26-21(27)30-13-20(28)24-16-8-9-17(22)18(23)10-16/h4-10H,3,11-13H2,1-2H3,(H,24,28). The van der Waals surface area contributed by atoms with Crippen molar-refractivity contribution in [2.75, 3.05) is 11.1 Å². The topological polar surface area (TPSA) is 59.8 Å². The molecule has 3 aromatic rings. The molecule has 0 atom stereocenters. The van der Waals surface area contributed by atoms with Crippen molar-refractivity contribution in [3.8, 4) is 0 Å². The first-order valence-corrected chi connectivity index (χ1v) is 12.7. The van der Waals surface area contributed by atoms with Gasteiger partial charge in [0.05, 0.1) is 16.5 Å². The number of thioether (sulfide) groups is 2. The number of amides is 1. The van der Waals surface area contributed by atoms with Crippen LogP contribution in [0.1, 0.15) is 23.9 Å². The lowest BCUT2D eigenvalue weighted by Crippen LogP contribution is -2.14. The fraction of sp³-hybridized carbons (Fsp3) is 0.286. The van der Waals surface area contributed by atoms with E-state index in [1.165, 1.54) is 22.9 Å². The monoisotopic (exact) mass is 524 g/mol. The third-order valence-electron chi connectivity index (χ3n) is 4.27. The summed E-state index contributed by atoms with van der Waals surface area (Å²) >= 11 is 12.6. The van der Waals surface area contributed by atoms with Gasteiger partial charge in [-0.25, -0.2) is 0 Å². The number of carbonyl (C=O) groups excluding carboxylic acids is 1. The highest BCUT2D eigenvalue weighted by Crippen LogP contribution is 2.26. The van der Waals surface area contributed by atoms with Crippen molar-refractivity contribution in [1.82, 2.24) is 14.8 Å². The molecule has 2 aromatic carbocycles. The van der Waals surface area contributed by atoms with Gasteiger partial charge in [-0.05, 0) is 53.5 Å². The van der Waals surface area contributed by atoms with E-state index in [0.29, 0.717) is 10.7 Å². The Labute approximate surface area is 198 Å². The van der Waals surface area contributed by atoms with Crippen molar-refractivity contribution >= 4 is 62.6 Å². The Morgan fingerprint density at radius 1 is 1.17 bits per heavy atom. The van der Waals surface area contributed by atoms with Crippen LogP contribution in [0.15, 0.2) is 52.1 Å². The number of nitrogens with one attached hydrogen (secondary N) is 1. The minimum Gasteiger partial charge on any atom is -0.325 e. The summed E-state index contributed by atoms with van der Waals surface area (Å²) in [7, 11) is 0. The summed E-state index contributed by atoms with van der Waals surface area (Å²) in [6.45, 7) is 4.92. The van der Waals surface area contributed by atoms with E-state index >= 15 is 0 Å². The van der Waals surface area contributed by atoms with Crippen molar-refractivity contribution < 1.29 is 4.79 Å². The zero-order valence-electron chi connectivity index (χ0n) is 16.7. The molecule has 1 aromatic heterocycles. The maximum absolute atomic E-state index is 12.3. The minimum absolute atomic E-state index is 0.112. The molecule has 0 saturated carbocycles. The molecule has 0 radical (unpaired) electrons. The molecular formula is C21H22BrClN4OS2. The fourth-order valence-electron chi connectivity index (χ4n) is 2.70. The summed E-state index contributed by atoms with van der Waals surface area (Å²) in [4.78, 5) is 12.3. The molecule has 3 rings (SSSR count). The number of hydrogen-bond acceptors (Lipinski definition) is 5. The number of benzene rings is 2. The molecule has 5 nitrogen and oxygen atoms in total. The number of rotatable bonds is 9. The lowest BCUT2D eigenvalue weighted by atomic mass is 10.2. The first kappa shape index (κ1) is 23.2. The van der Waals surface area contributed by atoms with Crippen LogP contribution in [0, 0.1) is 6.92 Å². The van der Waals surface area contributed by atoms with E-state index in [2.05, 4.69) is 74.1 Å². The Kier molecular flexibility index (Phi) is 8.68. The molecule has 0 aliphatic carbocycles. The fourth-order valence-corrected chi connectivity index (χ4v) is 4.87. The van der Waals surface area contributed by atoms with Crippen LogP contribution >= 0.6 is 51.1 Å². The molecular weight excluding hydrogens is 504 g/mol. The Morgan fingerprint density at radius 2 is 1.93 bits per heavy atom. The first-order chi connectivity index (χ1) is 14.5. The largest absolute Gasteiger partial charge is 0.325 e. The molecule has 1 N–H and O–H groups in total. The van der Waals surface area contributed by atoms with Gasteiger partial charge in [-0.15, -0.1) is 22.0 Å². The second-order valence-electron chi connectivity index (χ2n) is 6.59. The number of aryl methyl sites for hydroxylation is 1. The zero-order chi connectivity index (χ0) is 21.5. The first-order valence-electron chi connectivity index (χ1n) is 9.39. The maximum atomic E-state index is 12.3. The summed E-state index contributed by atoms with van der Waals surface area (Å²) in [5.74, 6) is 2.77. The van der Waals surface area contributed by atoms with Crippen LogP contribution in [0.2, 0.25) is 5.02 Å². The van der Waals surface area contributed by atoms with Gasteiger partial charge in [0.2, 0.25) is 5.91 Å². The van der Waals surface area contributed by atoms with E-state index in [1.54, 1.807) is 18.2 Å². The number of anilines is 1. The molecule has 0 spiro atoms. The van der Waals surface area contributed by atoms with Gasteiger partial charge < -0.3 is 9.88 Å². The number of carbonyl (C=O) groups is 1. The van der Waals surface area contributed by atoms with Crippen LogP contribution in [0.4, 0.5) is 5.69 Å². The smallest absolute Gasteiger partial charge is 0.234 e. The predicted octanol–water partition coefficient (Wildman–Crippen LogP) is 6.19. The van der Waals surface area contributed by atoms with Crippen molar-refractivity contribution in [1.29, 1.82) is 0 Å². The number of halogens is 2. The van der Waals surface area contributed by atoms with Crippen molar-refractivity contribution in [3.05, 3.63) is 68.9 Å². The maximum Gasteiger partial charge on any atom is 0.234 e. The molecule has 0 bridgehead atoms. The zero-order valence-corrected chi connectivity index (χ0v) is 20.7. The third kappa shape index (κ3) is 6.51. The molecule has 0 aliphatic rings. The second kappa shape index (κ2) is 11.2. The van der Waals surface area contributed by atoms with Crippen LogP contribution in [-0.4, -0.2) is 26.4 Å². The minimum atomic E-state index is -0.112. The molecule has 0 saturated heterocycles. The number of hydrogen-bond donors (Lipinski definition) is 1. The van der Waals surface area contributed by atoms with E-state index in [1.807, 2.05) is 11.8 Å². The van der Waals surface area contributed by atoms with Crippen LogP contribution < -0.4 is 5.32 Å². The lowest BCUT2D eigenvalue weighted by Gasteiger charge is -2.08. The highest BCUT2D eigenvalue weighted by molar-refractivity contribution is 9.10. The summed E-state index contributed by atoms with van der Waals surface area (Å²) in [5.41, 5.74) is 3.23. The molecule has 9 heteroatoms. The number of aromatic nitrogens is 3. The Balaban J connectivity index is 1.52. The van der Waals surface area contributed by atoms with Crippen molar-refractivity contribution in [3.63, 3.8) is 0 Å². The molecule has 158 valence electrons. The van der Waals surface area contributed by atoms with Gasteiger partial charge >= 0.3 is 0 Å². The van der Waals surface area contributed by atoms with Crippen LogP contribution in [-0.2, 0) is 22.8 Å². The van der Waals surface area contributed by atoms with Gasteiger partial charge in [-0.1, -0.05) is 53.2 Å². The van der Waals surface area contributed by atoms with Crippen molar-refractivity contribution in [2.24, 2.45) is 0 Å². The van der Waals surface area contributed by atoms with Gasteiger partial charge in [0.1, 0.15) is 5.82 Å². The molecule has 0 unspecified atom stereocenters. The van der Waals surface area contributed by atoms with Gasteiger partial charge in [-0.2, -0.15) is 0 Å². The molecule has 0 aliphatic heterocycles. The molecule has 1 amide bonds. The Bertz CT molecular complexity index is 1010. The van der Waals surface area contributed by atoms with E-state index in [4.69, 9.17) is 11.6 Å². The van der Waals surface area contributed by atoms with E-state index in [-0.39, 0.29) is 11.7 Å². The van der Waals surface area contributed by atoms with E-state index in [9.17, 15) is 4.79 Å². The van der Waals surface area contributed by atoms with Gasteiger partial charge in [0.15, 0.2) is 5.16 Å². The van der Waals surface area contributed by atoms with Gasteiger partial charge in [0, 0.05) is 22.5 Å². The van der Waals surface area contributed by atoms with E-state index < -0.39 is 0 Å². The van der Waals surface area contributed by atoms with Crippen LogP contribution in [0.5, 0.6) is 0 Å².